The van der Waals surface area contributed by atoms with Gasteiger partial charge in [0.25, 0.3) is 0 Å². The van der Waals surface area contributed by atoms with Crippen molar-refractivity contribution in [1.29, 1.82) is 0 Å². The van der Waals surface area contributed by atoms with Gasteiger partial charge in [0, 0.05) is 3.57 Å². The minimum atomic E-state index is 1.03. The summed E-state index contributed by atoms with van der Waals surface area (Å²) in [7, 11) is 0. The van der Waals surface area contributed by atoms with Gasteiger partial charge in [0.05, 0.1) is 0 Å². The highest BCUT2D eigenvalue weighted by molar-refractivity contribution is 14.1. The average Bonchev–Trinajstić information content (AvgIpc) is 2.81. The molecule has 0 amide bonds. The molecule has 1 heteroatoms. The van der Waals surface area contributed by atoms with Crippen LogP contribution in [0.2, 0.25) is 0 Å². The van der Waals surface area contributed by atoms with Crippen LogP contribution >= 0.6 is 22.6 Å². The normalized spacial score (nSPS) is 13.0. The number of rotatable bonds is 2. The number of fused-ring (bicyclic) bond motifs is 2. The van der Waals surface area contributed by atoms with Gasteiger partial charge in [0.15, 0.2) is 0 Å². The maximum atomic E-state index is 2.41. The minimum Gasteiger partial charge on any atom is -0.0620 e. The molecule has 0 bridgehead atoms. The molecule has 0 atom stereocenters. The van der Waals surface area contributed by atoms with E-state index in [0.717, 1.165) is 19.3 Å². The summed E-state index contributed by atoms with van der Waals surface area (Å²) in [5.74, 6) is 0. The first kappa shape index (κ1) is 16.6. The van der Waals surface area contributed by atoms with Crippen molar-refractivity contribution in [2.24, 2.45) is 0 Å². The Kier molecular flexibility index (Phi) is 4.76. The summed E-state index contributed by atoms with van der Waals surface area (Å²) in [6.45, 7) is 2.28. The Labute approximate surface area is 163 Å². The third kappa shape index (κ3) is 3.18. The summed E-state index contributed by atoms with van der Waals surface area (Å²) in [4.78, 5) is 0. The Morgan fingerprint density at radius 2 is 1.40 bits per heavy atom. The van der Waals surface area contributed by atoms with Gasteiger partial charge in [0.1, 0.15) is 0 Å². The first-order chi connectivity index (χ1) is 12.3. The molecule has 0 spiro atoms. The Morgan fingerprint density at radius 1 is 0.800 bits per heavy atom. The van der Waals surface area contributed by atoms with Gasteiger partial charge in [-0.15, -0.1) is 0 Å². The third-order valence-corrected chi connectivity index (χ3v) is 5.74. The first-order valence-electron chi connectivity index (χ1n) is 8.93. The Bertz CT molecular complexity index is 900. The molecule has 0 fully saturated rings. The summed E-state index contributed by atoms with van der Waals surface area (Å²) >= 11 is 2.41. The maximum Gasteiger partial charge on any atom is 0.0136 e. The van der Waals surface area contributed by atoms with Gasteiger partial charge in [-0.2, -0.15) is 0 Å². The molecule has 0 nitrogen and oxygen atoms in total. The van der Waals surface area contributed by atoms with E-state index in [0.29, 0.717) is 0 Å². The van der Waals surface area contributed by atoms with E-state index < -0.39 is 0 Å². The highest BCUT2D eigenvalue weighted by Gasteiger charge is 2.21. The van der Waals surface area contributed by atoms with Crippen LogP contribution in [0.25, 0.3) is 11.1 Å². The van der Waals surface area contributed by atoms with Crippen molar-refractivity contribution in [1.82, 2.24) is 0 Å². The molecule has 0 N–H and O–H groups in total. The molecule has 124 valence electrons. The van der Waals surface area contributed by atoms with Gasteiger partial charge in [-0.25, -0.2) is 0 Å². The molecule has 1 aliphatic rings. The number of hydrogen-bond donors (Lipinski definition) is 0. The fourth-order valence-corrected chi connectivity index (χ4v) is 4.45. The maximum absolute atomic E-state index is 2.41. The molecule has 3 aromatic rings. The summed E-state index contributed by atoms with van der Waals surface area (Å²) in [5.41, 5.74) is 9.95. The van der Waals surface area contributed by atoms with Crippen molar-refractivity contribution < 1.29 is 0 Å². The van der Waals surface area contributed by atoms with Crippen LogP contribution in [-0.4, -0.2) is 0 Å². The van der Waals surface area contributed by atoms with Gasteiger partial charge in [-0.05, 0) is 92.9 Å². The summed E-state index contributed by atoms with van der Waals surface area (Å²) in [5, 5.41) is 0. The molecule has 0 saturated carbocycles. The van der Waals surface area contributed by atoms with Crippen molar-refractivity contribution in [3.63, 3.8) is 0 Å². The predicted octanol–water partition coefficient (Wildman–Crippen LogP) is 6.76. The van der Waals surface area contributed by atoms with Crippen molar-refractivity contribution in [3.05, 3.63) is 104 Å². The van der Waals surface area contributed by atoms with E-state index in [1.807, 2.05) is 0 Å². The van der Waals surface area contributed by atoms with Crippen molar-refractivity contribution >= 4 is 33.7 Å². The smallest absolute Gasteiger partial charge is 0.0136 e. The monoisotopic (exact) mass is 436 g/mol. The van der Waals surface area contributed by atoms with Crippen LogP contribution in [0.4, 0.5) is 0 Å². The van der Waals surface area contributed by atoms with E-state index in [1.165, 1.54) is 42.5 Å². The summed E-state index contributed by atoms with van der Waals surface area (Å²) in [6.07, 6.45) is 3.25. The third-order valence-electron chi connectivity index (χ3n) is 5.07. The van der Waals surface area contributed by atoms with Crippen LogP contribution < -0.4 is 0 Å². The van der Waals surface area contributed by atoms with Crippen LogP contribution in [0.3, 0.4) is 0 Å². The zero-order valence-corrected chi connectivity index (χ0v) is 16.6. The first-order valence-corrected chi connectivity index (χ1v) is 10.0. The number of hydrogen-bond acceptors (Lipinski definition) is 0. The van der Waals surface area contributed by atoms with E-state index in [2.05, 4.69) is 102 Å². The van der Waals surface area contributed by atoms with Gasteiger partial charge < -0.3 is 0 Å². The number of aryl methyl sites for hydroxylation is 2. The number of benzene rings is 3. The molecular weight excluding hydrogens is 415 g/mol. The summed E-state index contributed by atoms with van der Waals surface area (Å²) < 4.78 is 1.29. The molecule has 4 rings (SSSR count). The molecule has 0 heterocycles. The molecule has 25 heavy (non-hydrogen) atoms. The quantitative estimate of drug-likeness (QED) is 0.390. The van der Waals surface area contributed by atoms with Crippen LogP contribution in [0.15, 0.2) is 72.8 Å². The second-order valence-electron chi connectivity index (χ2n) is 6.53. The zero-order valence-electron chi connectivity index (χ0n) is 14.4. The van der Waals surface area contributed by atoms with Gasteiger partial charge in [0.2, 0.25) is 0 Å². The van der Waals surface area contributed by atoms with Gasteiger partial charge in [-0.3, -0.25) is 0 Å². The van der Waals surface area contributed by atoms with Crippen LogP contribution in [0, 0.1) is 3.57 Å². The molecule has 0 aliphatic heterocycles. The van der Waals surface area contributed by atoms with E-state index in [1.54, 1.807) is 0 Å². The summed E-state index contributed by atoms with van der Waals surface area (Å²) in [6, 6.07) is 26.8. The fraction of sp³-hybridized carbons (Fsp3) is 0.167. The van der Waals surface area contributed by atoms with Gasteiger partial charge >= 0.3 is 0 Å². The predicted molar refractivity (Wildman–Crippen MR) is 116 cm³/mol. The lowest BCUT2D eigenvalue weighted by atomic mass is 9.86. The average molecular weight is 436 g/mol. The van der Waals surface area contributed by atoms with Crippen molar-refractivity contribution in [2.45, 2.75) is 26.2 Å². The second kappa shape index (κ2) is 7.17. The van der Waals surface area contributed by atoms with E-state index in [9.17, 15) is 0 Å². The SMILES string of the molecule is CCC(=C1c2ccccc2CCc2ccccc21)c1cccc(I)c1. The molecule has 0 saturated heterocycles. The van der Waals surface area contributed by atoms with Crippen LogP contribution in [0.5, 0.6) is 0 Å². The lowest BCUT2D eigenvalue weighted by molar-refractivity contribution is 0.965. The number of halogens is 1. The van der Waals surface area contributed by atoms with E-state index in [4.69, 9.17) is 0 Å². The molecule has 1 aliphatic carbocycles. The zero-order chi connectivity index (χ0) is 17.2. The second-order valence-corrected chi connectivity index (χ2v) is 7.78. The van der Waals surface area contributed by atoms with E-state index in [-0.39, 0.29) is 0 Å². The number of allylic oxidation sites excluding steroid dienone is 1. The molecule has 0 aromatic heterocycles. The largest absolute Gasteiger partial charge is 0.0620 e. The highest BCUT2D eigenvalue weighted by Crippen LogP contribution is 2.40. The molecule has 0 radical (unpaired) electrons. The molecule has 0 unspecified atom stereocenters. The van der Waals surface area contributed by atoms with E-state index >= 15 is 0 Å². The Hall–Kier alpha value is -1.87. The Morgan fingerprint density at radius 3 is 1.96 bits per heavy atom. The van der Waals surface area contributed by atoms with Gasteiger partial charge in [-0.1, -0.05) is 67.6 Å². The lowest BCUT2D eigenvalue weighted by Crippen LogP contribution is -1.97. The van der Waals surface area contributed by atoms with Crippen molar-refractivity contribution in [3.8, 4) is 0 Å². The fourth-order valence-electron chi connectivity index (χ4n) is 3.91. The minimum absolute atomic E-state index is 1.03. The van der Waals surface area contributed by atoms with Crippen molar-refractivity contribution in [2.75, 3.05) is 0 Å². The lowest BCUT2D eigenvalue weighted by Gasteiger charge is -2.18. The topological polar surface area (TPSA) is 0 Å². The Balaban J connectivity index is 2.07. The molecular formula is C24H21I. The van der Waals surface area contributed by atoms with Crippen LogP contribution in [-0.2, 0) is 12.8 Å². The standard InChI is InChI=1S/C24H21I/c1-2-21(19-10-7-11-20(25)16-19)24-22-12-5-3-8-17(22)14-15-18-9-4-6-13-23(18)24/h3-13,16H,2,14-15H2,1H3. The van der Waals surface area contributed by atoms with Crippen LogP contribution in [0.1, 0.15) is 41.2 Å². The highest BCUT2D eigenvalue weighted by atomic mass is 127. The molecule has 3 aromatic carbocycles.